The molecule has 0 saturated heterocycles. The smallest absolute Gasteiger partial charge is 0.125 e. The van der Waals surface area contributed by atoms with Crippen LogP contribution < -0.4 is 4.74 Å². The standard InChI is InChI=1S/C9H7ClINO/c1-13-9-3-6(5-12)2-8(11)7(9)4-10/h2-3H,4H2,1H3. The third kappa shape index (κ3) is 2.26. The first kappa shape index (κ1) is 10.6. The van der Waals surface area contributed by atoms with Gasteiger partial charge in [-0.3, -0.25) is 0 Å². The summed E-state index contributed by atoms with van der Waals surface area (Å²) in [5.41, 5.74) is 1.53. The van der Waals surface area contributed by atoms with Crippen LogP contribution in [0.1, 0.15) is 11.1 Å². The second-order valence-corrected chi connectivity index (χ2v) is 3.81. The highest BCUT2D eigenvalue weighted by molar-refractivity contribution is 14.1. The molecule has 0 aromatic heterocycles. The van der Waals surface area contributed by atoms with E-state index >= 15 is 0 Å². The Labute approximate surface area is 95.6 Å². The maximum atomic E-state index is 8.70. The van der Waals surface area contributed by atoms with E-state index in [-0.39, 0.29) is 0 Å². The van der Waals surface area contributed by atoms with Crippen molar-refractivity contribution in [3.63, 3.8) is 0 Å². The molecule has 0 aliphatic carbocycles. The van der Waals surface area contributed by atoms with Crippen molar-refractivity contribution in [1.82, 2.24) is 0 Å². The maximum absolute atomic E-state index is 8.70. The molecule has 0 aliphatic rings. The van der Waals surface area contributed by atoms with E-state index in [2.05, 4.69) is 28.7 Å². The van der Waals surface area contributed by atoms with Crippen LogP contribution in [-0.4, -0.2) is 7.11 Å². The molecule has 0 N–H and O–H groups in total. The Morgan fingerprint density at radius 1 is 1.62 bits per heavy atom. The highest BCUT2D eigenvalue weighted by Gasteiger charge is 2.08. The predicted molar refractivity (Wildman–Crippen MR) is 60.0 cm³/mol. The molecule has 1 rings (SSSR count). The predicted octanol–water partition coefficient (Wildman–Crippen LogP) is 2.91. The van der Waals surface area contributed by atoms with Gasteiger partial charge in [-0.05, 0) is 34.7 Å². The van der Waals surface area contributed by atoms with Crippen molar-refractivity contribution in [2.75, 3.05) is 7.11 Å². The van der Waals surface area contributed by atoms with E-state index in [0.29, 0.717) is 17.2 Å². The van der Waals surface area contributed by atoms with Gasteiger partial charge in [-0.15, -0.1) is 11.6 Å². The molecule has 2 nitrogen and oxygen atoms in total. The Morgan fingerprint density at radius 3 is 2.77 bits per heavy atom. The van der Waals surface area contributed by atoms with Crippen LogP contribution in [0, 0.1) is 14.9 Å². The Kier molecular flexibility index (Phi) is 3.82. The van der Waals surface area contributed by atoms with E-state index in [1.807, 2.05) is 0 Å². The highest BCUT2D eigenvalue weighted by atomic mass is 127. The summed E-state index contributed by atoms with van der Waals surface area (Å²) in [5.74, 6) is 1.08. The first-order valence-electron chi connectivity index (χ1n) is 3.55. The molecule has 0 bridgehead atoms. The molecule has 0 heterocycles. The van der Waals surface area contributed by atoms with Crippen molar-refractivity contribution in [3.8, 4) is 11.8 Å². The van der Waals surface area contributed by atoms with Gasteiger partial charge in [0, 0.05) is 9.13 Å². The van der Waals surface area contributed by atoms with Crippen LogP contribution in [0.25, 0.3) is 0 Å². The average molecular weight is 308 g/mol. The van der Waals surface area contributed by atoms with Crippen molar-refractivity contribution >= 4 is 34.2 Å². The minimum absolute atomic E-state index is 0.396. The van der Waals surface area contributed by atoms with E-state index < -0.39 is 0 Å². The fourth-order valence-corrected chi connectivity index (χ4v) is 2.28. The summed E-state index contributed by atoms with van der Waals surface area (Å²) in [4.78, 5) is 0. The van der Waals surface area contributed by atoms with Gasteiger partial charge in [0.2, 0.25) is 0 Å². The van der Waals surface area contributed by atoms with Gasteiger partial charge < -0.3 is 4.74 Å². The van der Waals surface area contributed by atoms with E-state index in [1.165, 1.54) is 0 Å². The number of ether oxygens (including phenoxy) is 1. The Balaban J connectivity index is 3.31. The number of benzene rings is 1. The van der Waals surface area contributed by atoms with Gasteiger partial charge in [0.15, 0.2) is 0 Å². The molecule has 68 valence electrons. The average Bonchev–Trinajstić information content (AvgIpc) is 2.16. The zero-order chi connectivity index (χ0) is 9.84. The van der Waals surface area contributed by atoms with E-state index in [1.54, 1.807) is 19.2 Å². The number of hydrogen-bond acceptors (Lipinski definition) is 2. The zero-order valence-corrected chi connectivity index (χ0v) is 9.89. The summed E-state index contributed by atoms with van der Waals surface area (Å²) in [6.07, 6.45) is 0. The first-order valence-corrected chi connectivity index (χ1v) is 5.16. The molecular weight excluding hydrogens is 300 g/mol. The number of halogens is 2. The van der Waals surface area contributed by atoms with Crippen molar-refractivity contribution < 1.29 is 4.74 Å². The van der Waals surface area contributed by atoms with Gasteiger partial charge in [-0.1, -0.05) is 0 Å². The monoisotopic (exact) mass is 307 g/mol. The van der Waals surface area contributed by atoms with Crippen molar-refractivity contribution in [1.29, 1.82) is 5.26 Å². The topological polar surface area (TPSA) is 33.0 Å². The van der Waals surface area contributed by atoms with Crippen LogP contribution in [-0.2, 0) is 5.88 Å². The van der Waals surface area contributed by atoms with Crippen LogP contribution in [0.3, 0.4) is 0 Å². The Morgan fingerprint density at radius 2 is 2.31 bits per heavy atom. The lowest BCUT2D eigenvalue weighted by atomic mass is 10.1. The third-order valence-corrected chi connectivity index (χ3v) is 2.87. The van der Waals surface area contributed by atoms with Crippen molar-refractivity contribution in [2.45, 2.75) is 5.88 Å². The summed E-state index contributed by atoms with van der Waals surface area (Å²) in [5, 5.41) is 8.70. The van der Waals surface area contributed by atoms with E-state index in [0.717, 1.165) is 9.13 Å². The molecule has 0 spiro atoms. The van der Waals surface area contributed by atoms with Crippen LogP contribution in [0.15, 0.2) is 12.1 Å². The normalized spacial score (nSPS) is 9.38. The van der Waals surface area contributed by atoms with Gasteiger partial charge in [0.1, 0.15) is 5.75 Å². The summed E-state index contributed by atoms with van der Waals surface area (Å²) >= 11 is 7.89. The number of methoxy groups -OCH3 is 1. The van der Waals surface area contributed by atoms with Gasteiger partial charge in [-0.2, -0.15) is 5.26 Å². The summed E-state index contributed by atoms with van der Waals surface area (Å²) in [6.45, 7) is 0. The molecule has 13 heavy (non-hydrogen) atoms. The molecule has 1 aromatic carbocycles. The SMILES string of the molecule is COc1cc(C#N)cc(I)c1CCl. The molecular formula is C9H7ClINO. The third-order valence-electron chi connectivity index (χ3n) is 1.64. The quantitative estimate of drug-likeness (QED) is 0.622. The number of alkyl halides is 1. The second kappa shape index (κ2) is 4.68. The van der Waals surface area contributed by atoms with Gasteiger partial charge >= 0.3 is 0 Å². The minimum Gasteiger partial charge on any atom is -0.496 e. The maximum Gasteiger partial charge on any atom is 0.125 e. The molecule has 0 atom stereocenters. The lowest BCUT2D eigenvalue weighted by molar-refractivity contribution is 0.410. The lowest BCUT2D eigenvalue weighted by Gasteiger charge is -2.07. The van der Waals surface area contributed by atoms with Crippen LogP contribution in [0.4, 0.5) is 0 Å². The first-order chi connectivity index (χ1) is 6.22. The summed E-state index contributed by atoms with van der Waals surface area (Å²) in [7, 11) is 1.57. The minimum atomic E-state index is 0.396. The number of nitrogens with zero attached hydrogens (tertiary/aromatic N) is 1. The number of rotatable bonds is 2. The summed E-state index contributed by atoms with van der Waals surface area (Å²) < 4.78 is 6.08. The molecule has 0 aliphatic heterocycles. The van der Waals surface area contributed by atoms with Crippen LogP contribution in [0.5, 0.6) is 5.75 Å². The number of hydrogen-bond donors (Lipinski definition) is 0. The van der Waals surface area contributed by atoms with Crippen LogP contribution in [0.2, 0.25) is 0 Å². The fraction of sp³-hybridized carbons (Fsp3) is 0.222. The number of nitriles is 1. The molecule has 4 heteroatoms. The van der Waals surface area contributed by atoms with Crippen molar-refractivity contribution in [3.05, 3.63) is 26.8 Å². The second-order valence-electron chi connectivity index (χ2n) is 2.38. The largest absolute Gasteiger partial charge is 0.496 e. The van der Waals surface area contributed by atoms with E-state index in [4.69, 9.17) is 21.6 Å². The molecule has 0 radical (unpaired) electrons. The molecule has 0 saturated carbocycles. The highest BCUT2D eigenvalue weighted by Crippen LogP contribution is 2.27. The van der Waals surface area contributed by atoms with Gasteiger partial charge in [-0.25, -0.2) is 0 Å². The van der Waals surface area contributed by atoms with E-state index in [9.17, 15) is 0 Å². The van der Waals surface area contributed by atoms with Crippen molar-refractivity contribution in [2.24, 2.45) is 0 Å². The molecule has 1 aromatic rings. The summed E-state index contributed by atoms with van der Waals surface area (Å²) in [6, 6.07) is 5.55. The van der Waals surface area contributed by atoms with Crippen LogP contribution >= 0.6 is 34.2 Å². The Hall–Kier alpha value is -0.470. The molecule has 0 fully saturated rings. The van der Waals surface area contributed by atoms with Gasteiger partial charge in [0.05, 0.1) is 24.6 Å². The molecule has 0 amide bonds. The fourth-order valence-electron chi connectivity index (χ4n) is 0.988. The lowest BCUT2D eigenvalue weighted by Crippen LogP contribution is -1.94. The van der Waals surface area contributed by atoms with Gasteiger partial charge in [0.25, 0.3) is 0 Å². The molecule has 0 unspecified atom stereocenters. The zero-order valence-electron chi connectivity index (χ0n) is 6.97. The Bertz CT molecular complexity index is 359.